The third-order valence-electron chi connectivity index (χ3n) is 3.42. The average molecular weight is 390 g/mol. The van der Waals surface area contributed by atoms with Crippen LogP contribution < -0.4 is 14.8 Å². The summed E-state index contributed by atoms with van der Waals surface area (Å²) in [6.07, 6.45) is 1.41. The number of nitrogens with one attached hydrogen (secondary N) is 1. The Morgan fingerprint density at radius 2 is 1.81 bits per heavy atom. The molecule has 27 heavy (non-hydrogen) atoms. The summed E-state index contributed by atoms with van der Waals surface area (Å²) in [4.78, 5) is 12.7. The van der Waals surface area contributed by atoms with Crippen molar-refractivity contribution in [3.8, 4) is 17.6 Å². The first-order valence-electron chi connectivity index (χ1n) is 7.67. The lowest BCUT2D eigenvalue weighted by molar-refractivity contribution is -0.112. The SMILES string of the molecule is COc1ccc(/C=C(\C#N)C(=O)Nc2ccc(SC(F)F)cc2)cc1OC. The highest BCUT2D eigenvalue weighted by Gasteiger charge is 2.11. The number of rotatable bonds is 7. The van der Waals surface area contributed by atoms with Crippen molar-refractivity contribution in [3.63, 3.8) is 0 Å². The van der Waals surface area contributed by atoms with Crippen molar-refractivity contribution in [1.29, 1.82) is 5.26 Å². The molecule has 0 aliphatic rings. The van der Waals surface area contributed by atoms with E-state index in [0.717, 1.165) is 0 Å². The van der Waals surface area contributed by atoms with E-state index in [-0.39, 0.29) is 5.57 Å². The average Bonchev–Trinajstić information content (AvgIpc) is 2.66. The first kappa shape index (κ1) is 20.3. The van der Waals surface area contributed by atoms with Crippen molar-refractivity contribution < 1.29 is 23.0 Å². The van der Waals surface area contributed by atoms with Crippen LogP contribution in [0.3, 0.4) is 0 Å². The third kappa shape index (κ3) is 5.72. The highest BCUT2D eigenvalue weighted by molar-refractivity contribution is 7.99. The van der Waals surface area contributed by atoms with E-state index in [2.05, 4.69) is 5.32 Å². The Balaban J connectivity index is 2.16. The predicted octanol–water partition coefficient (Wildman–Crippen LogP) is 4.56. The first-order valence-corrected chi connectivity index (χ1v) is 8.55. The molecule has 5 nitrogen and oxygen atoms in total. The van der Waals surface area contributed by atoms with Crippen LogP contribution in [0.15, 0.2) is 52.9 Å². The van der Waals surface area contributed by atoms with Gasteiger partial charge in [0.15, 0.2) is 11.5 Å². The number of nitrogens with zero attached hydrogens (tertiary/aromatic N) is 1. The molecule has 2 rings (SSSR count). The van der Waals surface area contributed by atoms with Crippen molar-refractivity contribution in [2.45, 2.75) is 10.7 Å². The van der Waals surface area contributed by atoms with Crippen LogP contribution in [-0.4, -0.2) is 25.9 Å². The van der Waals surface area contributed by atoms with Crippen LogP contribution >= 0.6 is 11.8 Å². The minimum Gasteiger partial charge on any atom is -0.493 e. The van der Waals surface area contributed by atoms with Gasteiger partial charge in [0.2, 0.25) is 0 Å². The summed E-state index contributed by atoms with van der Waals surface area (Å²) in [6, 6.07) is 12.8. The number of hydrogen-bond acceptors (Lipinski definition) is 5. The summed E-state index contributed by atoms with van der Waals surface area (Å²) in [5.74, 6) is -2.13. The number of benzene rings is 2. The summed E-state index contributed by atoms with van der Waals surface area (Å²) in [7, 11) is 2.99. The molecule has 0 radical (unpaired) electrons. The number of carbonyl (C=O) groups excluding carboxylic acids is 1. The highest BCUT2D eigenvalue weighted by Crippen LogP contribution is 2.29. The number of carbonyl (C=O) groups is 1. The van der Waals surface area contributed by atoms with Crippen LogP contribution in [0.4, 0.5) is 14.5 Å². The van der Waals surface area contributed by atoms with Crippen LogP contribution in [0, 0.1) is 11.3 Å². The zero-order valence-corrected chi connectivity index (χ0v) is 15.3. The molecule has 8 heteroatoms. The van der Waals surface area contributed by atoms with E-state index < -0.39 is 11.7 Å². The van der Waals surface area contributed by atoms with E-state index in [9.17, 15) is 18.8 Å². The van der Waals surface area contributed by atoms with Gasteiger partial charge in [-0.3, -0.25) is 4.79 Å². The molecule has 0 heterocycles. The van der Waals surface area contributed by atoms with E-state index >= 15 is 0 Å². The maximum atomic E-state index is 12.3. The molecule has 0 saturated heterocycles. The maximum absolute atomic E-state index is 12.3. The fourth-order valence-electron chi connectivity index (χ4n) is 2.18. The van der Waals surface area contributed by atoms with Gasteiger partial charge in [0, 0.05) is 10.6 Å². The molecule has 1 amide bonds. The summed E-state index contributed by atoms with van der Waals surface area (Å²) in [5, 5.41) is 11.8. The fraction of sp³-hybridized carbons (Fsp3) is 0.158. The largest absolute Gasteiger partial charge is 0.493 e. The van der Waals surface area contributed by atoms with Crippen LogP contribution in [0.1, 0.15) is 5.56 Å². The second-order valence-electron chi connectivity index (χ2n) is 5.14. The second kappa shape index (κ2) is 9.59. The number of anilines is 1. The molecule has 0 aliphatic heterocycles. The predicted molar refractivity (Wildman–Crippen MR) is 100 cm³/mol. The summed E-state index contributed by atoms with van der Waals surface area (Å²) < 4.78 is 35.0. The third-order valence-corrected chi connectivity index (χ3v) is 4.14. The van der Waals surface area contributed by atoms with Crippen molar-refractivity contribution in [3.05, 3.63) is 53.6 Å². The quantitative estimate of drug-likeness (QED) is 0.426. The van der Waals surface area contributed by atoms with Crippen molar-refractivity contribution in [2.24, 2.45) is 0 Å². The molecular formula is C19H16F2N2O3S. The number of thioether (sulfide) groups is 1. The fourth-order valence-corrected chi connectivity index (χ4v) is 2.67. The Morgan fingerprint density at radius 3 is 2.37 bits per heavy atom. The Labute approximate surface area is 159 Å². The molecule has 0 bridgehead atoms. The van der Waals surface area contributed by atoms with E-state index in [0.29, 0.717) is 39.4 Å². The van der Waals surface area contributed by atoms with Gasteiger partial charge < -0.3 is 14.8 Å². The monoisotopic (exact) mass is 390 g/mol. The molecule has 0 aromatic heterocycles. The first-order chi connectivity index (χ1) is 13.0. The number of amides is 1. The second-order valence-corrected chi connectivity index (χ2v) is 6.20. The Kier molecular flexibility index (Phi) is 7.20. The zero-order chi connectivity index (χ0) is 19.8. The number of ether oxygens (including phenoxy) is 2. The maximum Gasteiger partial charge on any atom is 0.288 e. The minimum atomic E-state index is -2.51. The summed E-state index contributed by atoms with van der Waals surface area (Å²) in [6.45, 7) is 0. The van der Waals surface area contributed by atoms with E-state index in [1.807, 2.05) is 6.07 Å². The molecule has 140 valence electrons. The molecule has 0 aliphatic carbocycles. The van der Waals surface area contributed by atoms with Gasteiger partial charge in [0.25, 0.3) is 11.7 Å². The van der Waals surface area contributed by atoms with Gasteiger partial charge in [0.1, 0.15) is 11.6 Å². The summed E-state index contributed by atoms with van der Waals surface area (Å²) >= 11 is 0.413. The Hall–Kier alpha value is -3.05. The molecular weight excluding hydrogens is 374 g/mol. The van der Waals surface area contributed by atoms with E-state index in [1.54, 1.807) is 18.2 Å². The molecule has 2 aromatic carbocycles. The van der Waals surface area contributed by atoms with Gasteiger partial charge in [-0.05, 0) is 48.0 Å². The number of halogens is 2. The highest BCUT2D eigenvalue weighted by atomic mass is 32.2. The van der Waals surface area contributed by atoms with Crippen LogP contribution in [-0.2, 0) is 4.79 Å². The van der Waals surface area contributed by atoms with Gasteiger partial charge in [-0.15, -0.1) is 0 Å². The molecule has 2 aromatic rings. The number of hydrogen-bond donors (Lipinski definition) is 1. The minimum absolute atomic E-state index is 0.117. The van der Waals surface area contributed by atoms with Crippen molar-refractivity contribution in [2.75, 3.05) is 19.5 Å². The molecule has 0 unspecified atom stereocenters. The molecule has 1 N–H and O–H groups in total. The van der Waals surface area contributed by atoms with Gasteiger partial charge >= 0.3 is 0 Å². The topological polar surface area (TPSA) is 71.3 Å². The van der Waals surface area contributed by atoms with Crippen LogP contribution in [0.25, 0.3) is 6.08 Å². The normalized spacial score (nSPS) is 11.0. The summed E-state index contributed by atoms with van der Waals surface area (Å²) in [5.41, 5.74) is 0.864. The smallest absolute Gasteiger partial charge is 0.288 e. The van der Waals surface area contributed by atoms with Crippen molar-refractivity contribution >= 4 is 29.4 Å². The lowest BCUT2D eigenvalue weighted by atomic mass is 10.1. The van der Waals surface area contributed by atoms with Crippen LogP contribution in [0.5, 0.6) is 11.5 Å². The van der Waals surface area contributed by atoms with Crippen molar-refractivity contribution in [1.82, 2.24) is 0 Å². The lowest BCUT2D eigenvalue weighted by Gasteiger charge is -2.08. The lowest BCUT2D eigenvalue weighted by Crippen LogP contribution is -2.13. The Morgan fingerprint density at radius 1 is 1.15 bits per heavy atom. The zero-order valence-electron chi connectivity index (χ0n) is 14.5. The molecule has 0 atom stereocenters. The number of methoxy groups -OCH3 is 2. The van der Waals surface area contributed by atoms with Gasteiger partial charge in [0.05, 0.1) is 14.2 Å². The van der Waals surface area contributed by atoms with E-state index in [1.165, 1.54) is 44.6 Å². The van der Waals surface area contributed by atoms with E-state index in [4.69, 9.17) is 9.47 Å². The molecule has 0 fully saturated rings. The number of alkyl halides is 2. The van der Waals surface area contributed by atoms with Gasteiger partial charge in [-0.25, -0.2) is 0 Å². The molecule has 0 spiro atoms. The molecule has 0 saturated carbocycles. The standard InChI is InChI=1S/C19H16F2N2O3S/c1-25-16-8-3-12(10-17(16)26-2)9-13(11-22)18(24)23-14-4-6-15(7-5-14)27-19(20)21/h3-10,19H,1-2H3,(H,23,24)/b13-9+. The van der Waals surface area contributed by atoms with Gasteiger partial charge in [-0.1, -0.05) is 17.8 Å². The number of nitriles is 1. The van der Waals surface area contributed by atoms with Gasteiger partial charge in [-0.2, -0.15) is 14.0 Å². The van der Waals surface area contributed by atoms with Crippen LogP contribution in [0.2, 0.25) is 0 Å². The Bertz CT molecular complexity index is 878.